The summed E-state index contributed by atoms with van der Waals surface area (Å²) in [5, 5.41) is 6.93. The van der Waals surface area contributed by atoms with Gasteiger partial charge in [-0.15, -0.1) is 0 Å². The smallest absolute Gasteiger partial charge is 0.251 e. The van der Waals surface area contributed by atoms with E-state index in [0.717, 1.165) is 18.6 Å². The van der Waals surface area contributed by atoms with Gasteiger partial charge in [0.2, 0.25) is 0 Å². The van der Waals surface area contributed by atoms with Gasteiger partial charge in [-0.25, -0.2) is 0 Å². The summed E-state index contributed by atoms with van der Waals surface area (Å²) in [6, 6.07) is 9.07. The molecule has 1 heterocycles. The van der Waals surface area contributed by atoms with Crippen LogP contribution in [-0.2, 0) is 11.3 Å². The van der Waals surface area contributed by atoms with Gasteiger partial charge < -0.3 is 14.8 Å². The molecule has 0 aliphatic carbocycles. The first kappa shape index (κ1) is 18.0. The number of aromatic nitrogens is 2. The van der Waals surface area contributed by atoms with Gasteiger partial charge >= 0.3 is 0 Å². The van der Waals surface area contributed by atoms with Crippen molar-refractivity contribution in [1.82, 2.24) is 15.1 Å². The van der Waals surface area contributed by atoms with E-state index in [1.165, 1.54) is 0 Å². The topological polar surface area (TPSA) is 65.4 Å². The number of ether oxygens (including phenoxy) is 2. The summed E-state index contributed by atoms with van der Waals surface area (Å²) in [5.74, 6) is 0.688. The van der Waals surface area contributed by atoms with Crippen LogP contribution in [0.5, 0.6) is 5.75 Å². The van der Waals surface area contributed by atoms with E-state index in [-0.39, 0.29) is 5.91 Å². The van der Waals surface area contributed by atoms with Crippen LogP contribution < -0.4 is 10.1 Å². The third-order valence-corrected chi connectivity index (χ3v) is 3.44. The van der Waals surface area contributed by atoms with Crippen LogP contribution in [-0.4, -0.2) is 42.1 Å². The van der Waals surface area contributed by atoms with Crippen molar-refractivity contribution in [3.63, 3.8) is 0 Å². The van der Waals surface area contributed by atoms with Crippen molar-refractivity contribution in [2.24, 2.45) is 0 Å². The lowest BCUT2D eigenvalue weighted by molar-refractivity contribution is 0.0906. The van der Waals surface area contributed by atoms with E-state index >= 15 is 0 Å². The Labute approximate surface area is 142 Å². The molecule has 0 saturated carbocycles. The van der Waals surface area contributed by atoms with Crippen molar-refractivity contribution < 1.29 is 14.3 Å². The standard InChI is InChI=1S/C18H25N3O3/c1-2-3-13-24-17-7-5-16(6-8-17)18(22)19-10-14-23-15-12-21-11-4-9-20-21/h4-9,11H,2-3,10,12-15H2,1H3,(H,19,22). The van der Waals surface area contributed by atoms with Gasteiger partial charge in [-0.3, -0.25) is 9.48 Å². The summed E-state index contributed by atoms with van der Waals surface area (Å²) in [5.41, 5.74) is 0.620. The molecule has 1 aromatic carbocycles. The van der Waals surface area contributed by atoms with Crippen molar-refractivity contribution in [2.75, 3.05) is 26.4 Å². The summed E-state index contributed by atoms with van der Waals surface area (Å²) in [6.45, 7) is 5.07. The minimum absolute atomic E-state index is 0.106. The fourth-order valence-electron chi connectivity index (χ4n) is 2.07. The first-order chi connectivity index (χ1) is 11.8. The highest BCUT2D eigenvalue weighted by Gasteiger charge is 2.05. The highest BCUT2D eigenvalue weighted by Crippen LogP contribution is 2.12. The second kappa shape index (κ2) is 10.4. The van der Waals surface area contributed by atoms with Gasteiger partial charge in [0.1, 0.15) is 5.75 Å². The Morgan fingerprint density at radius 1 is 1.21 bits per heavy atom. The Kier molecular flexibility index (Phi) is 7.83. The molecule has 24 heavy (non-hydrogen) atoms. The molecule has 0 fully saturated rings. The minimum Gasteiger partial charge on any atom is -0.494 e. The van der Waals surface area contributed by atoms with Crippen LogP contribution in [0.4, 0.5) is 0 Å². The van der Waals surface area contributed by atoms with Gasteiger partial charge in [-0.1, -0.05) is 13.3 Å². The first-order valence-electron chi connectivity index (χ1n) is 8.36. The molecule has 0 atom stereocenters. The van der Waals surface area contributed by atoms with Gasteiger partial charge in [-0.2, -0.15) is 5.10 Å². The van der Waals surface area contributed by atoms with Crippen molar-refractivity contribution in [3.05, 3.63) is 48.3 Å². The summed E-state index contributed by atoms with van der Waals surface area (Å²) >= 11 is 0. The van der Waals surface area contributed by atoms with E-state index in [1.807, 2.05) is 29.1 Å². The zero-order valence-electron chi connectivity index (χ0n) is 14.1. The van der Waals surface area contributed by atoms with Crippen LogP contribution in [0.1, 0.15) is 30.1 Å². The van der Waals surface area contributed by atoms with Gasteiger partial charge in [0.25, 0.3) is 5.91 Å². The second-order valence-electron chi connectivity index (χ2n) is 5.36. The average Bonchev–Trinajstić information content (AvgIpc) is 3.12. The summed E-state index contributed by atoms with van der Waals surface area (Å²) in [7, 11) is 0. The third-order valence-electron chi connectivity index (χ3n) is 3.44. The van der Waals surface area contributed by atoms with E-state index in [9.17, 15) is 4.79 Å². The maximum Gasteiger partial charge on any atom is 0.251 e. The Morgan fingerprint density at radius 3 is 2.75 bits per heavy atom. The highest BCUT2D eigenvalue weighted by molar-refractivity contribution is 5.94. The fraction of sp³-hybridized carbons (Fsp3) is 0.444. The molecule has 1 N–H and O–H groups in total. The normalized spacial score (nSPS) is 10.5. The van der Waals surface area contributed by atoms with E-state index in [0.29, 0.717) is 38.5 Å². The Balaban J connectivity index is 1.59. The minimum atomic E-state index is -0.106. The van der Waals surface area contributed by atoms with Crippen molar-refractivity contribution in [1.29, 1.82) is 0 Å². The number of nitrogens with zero attached hydrogens (tertiary/aromatic N) is 2. The second-order valence-corrected chi connectivity index (χ2v) is 5.36. The fourth-order valence-corrected chi connectivity index (χ4v) is 2.07. The lowest BCUT2D eigenvalue weighted by Gasteiger charge is -2.08. The molecule has 0 saturated heterocycles. The number of benzene rings is 1. The zero-order chi connectivity index (χ0) is 17.0. The Hall–Kier alpha value is -2.34. The largest absolute Gasteiger partial charge is 0.494 e. The van der Waals surface area contributed by atoms with Crippen molar-refractivity contribution in [2.45, 2.75) is 26.3 Å². The molecular formula is C18H25N3O3. The number of amides is 1. The maximum atomic E-state index is 12.0. The van der Waals surface area contributed by atoms with Crippen molar-refractivity contribution >= 4 is 5.91 Å². The summed E-state index contributed by atoms with van der Waals surface area (Å²) in [6.07, 6.45) is 5.76. The summed E-state index contributed by atoms with van der Waals surface area (Å²) in [4.78, 5) is 12.0. The number of rotatable bonds is 11. The zero-order valence-corrected chi connectivity index (χ0v) is 14.1. The van der Waals surface area contributed by atoms with Crippen molar-refractivity contribution in [3.8, 4) is 5.75 Å². The van der Waals surface area contributed by atoms with Gasteiger partial charge in [0.15, 0.2) is 0 Å². The number of unbranched alkanes of at least 4 members (excludes halogenated alkanes) is 1. The molecule has 0 aliphatic heterocycles. The maximum absolute atomic E-state index is 12.0. The quantitative estimate of drug-likeness (QED) is 0.643. The molecular weight excluding hydrogens is 306 g/mol. The predicted octanol–water partition coefficient (Wildman–Crippen LogP) is 2.51. The van der Waals surface area contributed by atoms with Gasteiger partial charge in [-0.05, 0) is 36.8 Å². The van der Waals surface area contributed by atoms with Gasteiger partial charge in [0.05, 0.1) is 26.4 Å². The Morgan fingerprint density at radius 2 is 2.04 bits per heavy atom. The van der Waals surface area contributed by atoms with Crippen LogP contribution in [0.3, 0.4) is 0 Å². The molecule has 0 radical (unpaired) electrons. The molecule has 1 aromatic heterocycles. The number of hydrogen-bond donors (Lipinski definition) is 1. The molecule has 130 valence electrons. The highest BCUT2D eigenvalue weighted by atomic mass is 16.5. The van der Waals surface area contributed by atoms with E-state index < -0.39 is 0 Å². The molecule has 0 unspecified atom stereocenters. The molecule has 0 spiro atoms. The Bertz CT molecular complexity index is 582. The molecule has 0 aliphatic rings. The number of carbonyl (C=O) groups excluding carboxylic acids is 1. The summed E-state index contributed by atoms with van der Waals surface area (Å²) < 4.78 is 12.9. The van der Waals surface area contributed by atoms with Gasteiger partial charge in [0, 0.05) is 24.5 Å². The molecule has 0 bridgehead atoms. The lowest BCUT2D eigenvalue weighted by atomic mass is 10.2. The molecule has 1 amide bonds. The number of nitrogens with one attached hydrogen (secondary N) is 1. The number of carbonyl (C=O) groups is 1. The molecule has 2 rings (SSSR count). The van der Waals surface area contributed by atoms with E-state index in [1.54, 1.807) is 18.3 Å². The SMILES string of the molecule is CCCCOc1ccc(C(=O)NCCOCCn2cccn2)cc1. The molecule has 2 aromatic rings. The van der Waals surface area contributed by atoms with Crippen LogP contribution in [0, 0.1) is 0 Å². The van der Waals surface area contributed by atoms with E-state index in [2.05, 4.69) is 17.3 Å². The molecule has 6 nitrogen and oxygen atoms in total. The lowest BCUT2D eigenvalue weighted by Crippen LogP contribution is -2.27. The third kappa shape index (κ3) is 6.42. The monoisotopic (exact) mass is 331 g/mol. The molecule has 6 heteroatoms. The van der Waals surface area contributed by atoms with Crippen LogP contribution in [0.15, 0.2) is 42.7 Å². The average molecular weight is 331 g/mol. The van der Waals surface area contributed by atoms with E-state index in [4.69, 9.17) is 9.47 Å². The van der Waals surface area contributed by atoms with Crippen LogP contribution >= 0.6 is 0 Å². The van der Waals surface area contributed by atoms with Crippen LogP contribution in [0.25, 0.3) is 0 Å². The number of hydrogen-bond acceptors (Lipinski definition) is 4. The predicted molar refractivity (Wildman–Crippen MR) is 92.2 cm³/mol. The van der Waals surface area contributed by atoms with Crippen LogP contribution in [0.2, 0.25) is 0 Å². The first-order valence-corrected chi connectivity index (χ1v) is 8.36.